The van der Waals surface area contributed by atoms with Gasteiger partial charge in [0.25, 0.3) is 11.6 Å². The molecule has 0 amide bonds. The number of nitro groups is 1. The van der Waals surface area contributed by atoms with E-state index >= 15 is 0 Å². The molecular formula is C19H17N3O7. The van der Waals surface area contributed by atoms with Gasteiger partial charge in [-0.3, -0.25) is 10.1 Å². The number of nitrogens with zero attached hydrogens (tertiary/aromatic N) is 3. The Bertz CT molecular complexity index is 1020. The quantitative estimate of drug-likeness (QED) is 0.318. The van der Waals surface area contributed by atoms with Gasteiger partial charge < -0.3 is 18.6 Å². The second-order valence-corrected chi connectivity index (χ2v) is 5.65. The van der Waals surface area contributed by atoms with Crippen molar-refractivity contribution >= 4 is 11.7 Å². The molecule has 0 N–H and O–H groups in total. The fourth-order valence-electron chi connectivity index (χ4n) is 2.51. The zero-order valence-corrected chi connectivity index (χ0v) is 15.7. The number of carbonyl (C=O) groups is 1. The largest absolute Gasteiger partial charge is 0.493 e. The smallest absolute Gasteiger partial charge is 0.345 e. The van der Waals surface area contributed by atoms with Crippen LogP contribution in [0.5, 0.6) is 11.5 Å². The van der Waals surface area contributed by atoms with Crippen LogP contribution in [0.2, 0.25) is 0 Å². The first-order chi connectivity index (χ1) is 14.0. The number of esters is 1. The highest BCUT2D eigenvalue weighted by Gasteiger charge is 2.26. The molecule has 0 aliphatic heterocycles. The molecule has 3 aromatic rings. The van der Waals surface area contributed by atoms with Crippen LogP contribution in [0, 0.1) is 10.1 Å². The summed E-state index contributed by atoms with van der Waals surface area (Å²) in [6.07, 6.45) is 0. The Kier molecular flexibility index (Phi) is 6.03. The highest BCUT2D eigenvalue weighted by atomic mass is 16.6. The minimum atomic E-state index is -0.931. The third-order valence-electron chi connectivity index (χ3n) is 3.81. The van der Waals surface area contributed by atoms with E-state index in [1.807, 2.05) is 18.2 Å². The van der Waals surface area contributed by atoms with Gasteiger partial charge in [0.05, 0.1) is 24.7 Å². The summed E-state index contributed by atoms with van der Waals surface area (Å²) in [5.74, 6) is -0.278. The number of benzene rings is 2. The molecule has 0 spiro atoms. The minimum absolute atomic E-state index is 0.0541. The summed E-state index contributed by atoms with van der Waals surface area (Å²) in [7, 11) is 1.35. The van der Waals surface area contributed by atoms with E-state index in [1.54, 1.807) is 19.1 Å². The Morgan fingerprint density at radius 1 is 1.17 bits per heavy atom. The van der Waals surface area contributed by atoms with Gasteiger partial charge in [-0.2, -0.15) is 0 Å². The fourth-order valence-corrected chi connectivity index (χ4v) is 2.51. The summed E-state index contributed by atoms with van der Waals surface area (Å²) >= 11 is 0. The third kappa shape index (κ3) is 4.49. The normalized spacial score (nSPS) is 10.4. The second-order valence-electron chi connectivity index (χ2n) is 5.65. The summed E-state index contributed by atoms with van der Waals surface area (Å²) in [5, 5.41) is 19.1. The molecule has 0 radical (unpaired) electrons. The number of carbonyl (C=O) groups excluding carboxylic acids is 1. The van der Waals surface area contributed by atoms with Crippen molar-refractivity contribution in [2.24, 2.45) is 0 Å². The van der Waals surface area contributed by atoms with Gasteiger partial charge in [0.15, 0.2) is 18.1 Å². The summed E-state index contributed by atoms with van der Waals surface area (Å²) in [6, 6.07) is 11.4. The van der Waals surface area contributed by atoms with Crippen molar-refractivity contribution in [2.45, 2.75) is 13.5 Å². The number of aromatic nitrogens is 2. The maximum atomic E-state index is 12.5. The van der Waals surface area contributed by atoms with Crippen LogP contribution in [-0.4, -0.2) is 34.8 Å². The number of methoxy groups -OCH3 is 1. The predicted molar refractivity (Wildman–Crippen MR) is 99.7 cm³/mol. The molecule has 0 aliphatic carbocycles. The molecule has 150 valence electrons. The molecular weight excluding hydrogens is 382 g/mol. The average molecular weight is 399 g/mol. The lowest BCUT2D eigenvalue weighted by Gasteiger charge is -2.11. The summed E-state index contributed by atoms with van der Waals surface area (Å²) < 4.78 is 21.0. The van der Waals surface area contributed by atoms with E-state index in [9.17, 15) is 14.9 Å². The summed E-state index contributed by atoms with van der Waals surface area (Å²) in [4.78, 5) is 23.1. The van der Waals surface area contributed by atoms with E-state index in [0.717, 1.165) is 6.07 Å². The van der Waals surface area contributed by atoms with Gasteiger partial charge >= 0.3 is 5.97 Å². The van der Waals surface area contributed by atoms with Gasteiger partial charge in [-0.15, -0.1) is 10.2 Å². The first-order valence-corrected chi connectivity index (χ1v) is 8.57. The highest BCUT2D eigenvalue weighted by Crippen LogP contribution is 2.35. The number of rotatable bonds is 8. The average Bonchev–Trinajstić information content (AvgIpc) is 3.21. The van der Waals surface area contributed by atoms with Crippen molar-refractivity contribution in [2.75, 3.05) is 13.7 Å². The molecule has 1 heterocycles. The Morgan fingerprint density at radius 3 is 2.59 bits per heavy atom. The van der Waals surface area contributed by atoms with Gasteiger partial charge in [0, 0.05) is 11.6 Å². The van der Waals surface area contributed by atoms with Crippen LogP contribution in [0.4, 0.5) is 5.69 Å². The molecule has 0 aliphatic rings. The lowest BCUT2D eigenvalue weighted by Crippen LogP contribution is -2.10. The van der Waals surface area contributed by atoms with Gasteiger partial charge in [-0.1, -0.05) is 18.2 Å². The maximum Gasteiger partial charge on any atom is 0.345 e. The molecule has 0 saturated carbocycles. The van der Waals surface area contributed by atoms with Crippen molar-refractivity contribution in [1.82, 2.24) is 10.2 Å². The van der Waals surface area contributed by atoms with Crippen molar-refractivity contribution in [3.63, 3.8) is 0 Å². The van der Waals surface area contributed by atoms with Crippen molar-refractivity contribution in [3.8, 4) is 23.0 Å². The SMILES string of the molecule is CCOc1cc(C(=O)OCc2nnc(-c3ccccc3)o2)c([N+](=O)[O-])cc1OC. The van der Waals surface area contributed by atoms with E-state index in [4.69, 9.17) is 18.6 Å². The van der Waals surface area contributed by atoms with Gasteiger partial charge in [0.1, 0.15) is 5.56 Å². The van der Waals surface area contributed by atoms with E-state index in [0.29, 0.717) is 5.56 Å². The van der Waals surface area contributed by atoms with Gasteiger partial charge in [0.2, 0.25) is 5.89 Å². The van der Waals surface area contributed by atoms with Crippen LogP contribution in [0.1, 0.15) is 23.2 Å². The highest BCUT2D eigenvalue weighted by molar-refractivity contribution is 5.95. The summed E-state index contributed by atoms with van der Waals surface area (Å²) in [5.41, 5.74) is -0.0300. The first-order valence-electron chi connectivity index (χ1n) is 8.57. The fraction of sp³-hybridized carbons (Fsp3) is 0.211. The Labute approximate surface area is 165 Å². The minimum Gasteiger partial charge on any atom is -0.493 e. The molecule has 2 aromatic carbocycles. The molecule has 0 unspecified atom stereocenters. The number of nitro benzene ring substituents is 1. The van der Waals surface area contributed by atoms with E-state index < -0.39 is 16.6 Å². The first kappa shape index (κ1) is 19.8. The Balaban J connectivity index is 1.79. The van der Waals surface area contributed by atoms with Crippen molar-refractivity contribution in [1.29, 1.82) is 0 Å². The van der Waals surface area contributed by atoms with Crippen LogP contribution in [0.25, 0.3) is 11.5 Å². The molecule has 1 aromatic heterocycles. The number of hydrogen-bond donors (Lipinski definition) is 0. The van der Waals surface area contributed by atoms with E-state index in [2.05, 4.69) is 10.2 Å². The lowest BCUT2D eigenvalue weighted by atomic mass is 10.1. The van der Waals surface area contributed by atoms with E-state index in [-0.39, 0.29) is 42.1 Å². The third-order valence-corrected chi connectivity index (χ3v) is 3.81. The van der Waals surface area contributed by atoms with Gasteiger partial charge in [-0.25, -0.2) is 4.79 Å². The monoisotopic (exact) mass is 399 g/mol. The maximum absolute atomic E-state index is 12.5. The molecule has 0 atom stereocenters. The van der Waals surface area contributed by atoms with Crippen molar-refractivity contribution < 1.29 is 28.3 Å². The molecule has 0 fully saturated rings. The molecule has 0 bridgehead atoms. The molecule has 10 nitrogen and oxygen atoms in total. The standard InChI is InChI=1S/C19H17N3O7/c1-3-27-16-9-13(14(22(24)25)10-15(16)26-2)19(23)28-11-17-20-21-18(29-17)12-7-5-4-6-8-12/h4-10H,3,11H2,1-2H3. The number of ether oxygens (including phenoxy) is 3. The van der Waals surface area contributed by atoms with E-state index in [1.165, 1.54) is 13.2 Å². The number of hydrogen-bond acceptors (Lipinski definition) is 9. The summed E-state index contributed by atoms with van der Waals surface area (Å²) in [6.45, 7) is 1.68. The van der Waals surface area contributed by atoms with Crippen LogP contribution >= 0.6 is 0 Å². The van der Waals surface area contributed by atoms with Gasteiger partial charge in [-0.05, 0) is 19.1 Å². The zero-order chi connectivity index (χ0) is 20.8. The van der Waals surface area contributed by atoms with Crippen molar-refractivity contribution in [3.05, 3.63) is 64.0 Å². The second kappa shape index (κ2) is 8.83. The zero-order valence-electron chi connectivity index (χ0n) is 15.7. The Hall–Kier alpha value is -3.95. The van der Waals surface area contributed by atoms with Crippen LogP contribution in [0.3, 0.4) is 0 Å². The van der Waals surface area contributed by atoms with Crippen LogP contribution < -0.4 is 9.47 Å². The molecule has 3 rings (SSSR count). The molecule has 10 heteroatoms. The Morgan fingerprint density at radius 2 is 1.93 bits per heavy atom. The lowest BCUT2D eigenvalue weighted by molar-refractivity contribution is -0.385. The van der Waals surface area contributed by atoms with Crippen LogP contribution in [-0.2, 0) is 11.3 Å². The topological polar surface area (TPSA) is 127 Å². The molecule has 0 saturated heterocycles. The molecule has 29 heavy (non-hydrogen) atoms. The van der Waals surface area contributed by atoms with Crippen LogP contribution in [0.15, 0.2) is 46.9 Å². The predicted octanol–water partition coefficient (Wildman–Crippen LogP) is 3.41.